The first-order chi connectivity index (χ1) is 12.6. The van der Waals surface area contributed by atoms with Gasteiger partial charge in [0.05, 0.1) is 0 Å². The molecule has 0 radical (unpaired) electrons. The smallest absolute Gasteiger partial charge is 0.191 e. The number of thioether (sulfide) groups is 1. The molecule has 4 nitrogen and oxygen atoms in total. The molecule has 0 fully saturated rings. The van der Waals surface area contributed by atoms with E-state index in [4.69, 9.17) is 4.74 Å². The van der Waals surface area contributed by atoms with Crippen LogP contribution >= 0.6 is 11.8 Å². The lowest BCUT2D eigenvalue weighted by molar-refractivity contribution is 0.286. The van der Waals surface area contributed by atoms with Crippen LogP contribution < -0.4 is 4.74 Å². The van der Waals surface area contributed by atoms with Gasteiger partial charge in [-0.15, -0.1) is 10.2 Å². The lowest BCUT2D eigenvalue weighted by Gasteiger charge is -2.11. The maximum atomic E-state index is 6.00. The normalized spacial score (nSPS) is 10.9. The van der Waals surface area contributed by atoms with Gasteiger partial charge in [-0.3, -0.25) is 0 Å². The van der Waals surface area contributed by atoms with Gasteiger partial charge in [-0.05, 0) is 50.5 Å². The fourth-order valence-corrected chi connectivity index (χ4v) is 3.68. The molecule has 3 rings (SSSR count). The summed E-state index contributed by atoms with van der Waals surface area (Å²) in [6.07, 6.45) is 0. The van der Waals surface area contributed by atoms with E-state index in [1.165, 1.54) is 22.3 Å². The second-order valence-corrected chi connectivity index (χ2v) is 7.35. The van der Waals surface area contributed by atoms with Crippen LogP contribution in [0.4, 0.5) is 0 Å². The van der Waals surface area contributed by atoms with Crippen LogP contribution in [-0.2, 0) is 18.9 Å². The Kier molecular flexibility index (Phi) is 5.99. The Morgan fingerprint density at radius 1 is 1.00 bits per heavy atom. The minimum Gasteiger partial charge on any atom is -0.485 e. The molecule has 0 amide bonds. The first-order valence-electron chi connectivity index (χ1n) is 8.88. The Balaban J connectivity index is 1.67. The molecule has 0 bridgehead atoms. The van der Waals surface area contributed by atoms with Crippen LogP contribution in [0, 0.1) is 20.8 Å². The lowest BCUT2D eigenvalue weighted by atomic mass is 10.1. The van der Waals surface area contributed by atoms with Crippen LogP contribution in [0.15, 0.2) is 47.6 Å². The van der Waals surface area contributed by atoms with Gasteiger partial charge in [0.15, 0.2) is 11.0 Å². The summed E-state index contributed by atoms with van der Waals surface area (Å²) in [6.45, 7) is 9.65. The van der Waals surface area contributed by atoms with Crippen LogP contribution in [0.2, 0.25) is 0 Å². The van der Waals surface area contributed by atoms with Crippen molar-refractivity contribution in [3.05, 3.63) is 70.5 Å². The zero-order valence-electron chi connectivity index (χ0n) is 15.8. The van der Waals surface area contributed by atoms with Gasteiger partial charge in [-0.1, -0.05) is 53.7 Å². The number of aromatic nitrogens is 3. The zero-order chi connectivity index (χ0) is 18.5. The first-order valence-corrected chi connectivity index (χ1v) is 9.86. The van der Waals surface area contributed by atoms with E-state index >= 15 is 0 Å². The maximum Gasteiger partial charge on any atom is 0.191 e. The van der Waals surface area contributed by atoms with Crippen molar-refractivity contribution >= 4 is 11.8 Å². The number of aryl methyl sites for hydroxylation is 2. The van der Waals surface area contributed by atoms with Gasteiger partial charge in [0, 0.05) is 12.3 Å². The van der Waals surface area contributed by atoms with E-state index in [2.05, 4.69) is 72.8 Å². The summed E-state index contributed by atoms with van der Waals surface area (Å²) < 4.78 is 8.13. The van der Waals surface area contributed by atoms with E-state index in [1.807, 2.05) is 12.1 Å². The fraction of sp³-hybridized carbons (Fsp3) is 0.333. The standard InChI is InChI=1S/C21H25N3OS/c1-5-24-20(13-25-19-8-6-7-16(3)17(19)4)22-23-21(24)26-14-18-11-9-15(2)10-12-18/h6-12H,5,13-14H2,1-4H3. The summed E-state index contributed by atoms with van der Waals surface area (Å²) in [5.74, 6) is 2.65. The molecule has 1 aromatic heterocycles. The number of rotatable bonds is 7. The summed E-state index contributed by atoms with van der Waals surface area (Å²) in [4.78, 5) is 0. The molecular weight excluding hydrogens is 342 g/mol. The van der Waals surface area contributed by atoms with Crippen molar-refractivity contribution in [1.29, 1.82) is 0 Å². The third-order valence-electron chi connectivity index (χ3n) is 4.51. The summed E-state index contributed by atoms with van der Waals surface area (Å²) in [7, 11) is 0. The molecule has 2 aromatic carbocycles. The van der Waals surface area contributed by atoms with Crippen molar-refractivity contribution in [1.82, 2.24) is 14.8 Å². The molecule has 0 saturated heterocycles. The van der Waals surface area contributed by atoms with Crippen LogP contribution in [0.1, 0.15) is 35.0 Å². The topological polar surface area (TPSA) is 39.9 Å². The zero-order valence-corrected chi connectivity index (χ0v) is 16.6. The molecule has 0 unspecified atom stereocenters. The molecule has 0 spiro atoms. The van der Waals surface area contributed by atoms with E-state index in [1.54, 1.807) is 11.8 Å². The van der Waals surface area contributed by atoms with E-state index in [0.29, 0.717) is 6.61 Å². The highest BCUT2D eigenvalue weighted by molar-refractivity contribution is 7.98. The van der Waals surface area contributed by atoms with Crippen molar-refractivity contribution in [3.63, 3.8) is 0 Å². The summed E-state index contributed by atoms with van der Waals surface area (Å²) in [5.41, 5.74) is 4.97. The molecule has 0 aliphatic rings. The lowest BCUT2D eigenvalue weighted by Crippen LogP contribution is -2.07. The maximum absolute atomic E-state index is 6.00. The quantitative estimate of drug-likeness (QED) is 0.545. The summed E-state index contributed by atoms with van der Waals surface area (Å²) in [6, 6.07) is 14.7. The Hall–Kier alpha value is -2.27. The van der Waals surface area contributed by atoms with Gasteiger partial charge < -0.3 is 9.30 Å². The Bertz CT molecular complexity index is 871. The van der Waals surface area contributed by atoms with Gasteiger partial charge in [0.2, 0.25) is 0 Å². The van der Waals surface area contributed by atoms with Crippen molar-refractivity contribution in [3.8, 4) is 5.75 Å². The number of benzene rings is 2. The summed E-state index contributed by atoms with van der Waals surface area (Å²) >= 11 is 1.71. The van der Waals surface area contributed by atoms with E-state index in [-0.39, 0.29) is 0 Å². The number of ether oxygens (including phenoxy) is 1. The molecule has 0 atom stereocenters. The third kappa shape index (κ3) is 4.28. The van der Waals surface area contributed by atoms with Gasteiger partial charge >= 0.3 is 0 Å². The molecule has 5 heteroatoms. The second kappa shape index (κ2) is 8.41. The molecule has 0 aliphatic heterocycles. The average molecular weight is 368 g/mol. The molecule has 1 heterocycles. The van der Waals surface area contributed by atoms with Gasteiger partial charge in [-0.2, -0.15) is 0 Å². The second-order valence-electron chi connectivity index (χ2n) is 6.40. The Morgan fingerprint density at radius 2 is 1.77 bits per heavy atom. The molecule has 136 valence electrons. The van der Waals surface area contributed by atoms with Crippen molar-refractivity contribution in [2.24, 2.45) is 0 Å². The van der Waals surface area contributed by atoms with E-state index in [9.17, 15) is 0 Å². The number of hydrogen-bond acceptors (Lipinski definition) is 4. The first kappa shape index (κ1) is 18.5. The highest BCUT2D eigenvalue weighted by Gasteiger charge is 2.13. The minimum absolute atomic E-state index is 0.427. The van der Waals surface area contributed by atoms with Crippen molar-refractivity contribution in [2.45, 2.75) is 51.8 Å². The highest BCUT2D eigenvalue weighted by atomic mass is 32.2. The van der Waals surface area contributed by atoms with E-state index in [0.717, 1.165) is 29.0 Å². The monoisotopic (exact) mass is 367 g/mol. The van der Waals surface area contributed by atoms with Gasteiger partial charge in [0.1, 0.15) is 12.4 Å². The molecule has 0 saturated carbocycles. The van der Waals surface area contributed by atoms with Gasteiger partial charge in [0.25, 0.3) is 0 Å². The minimum atomic E-state index is 0.427. The SMILES string of the molecule is CCn1c(COc2cccc(C)c2C)nnc1SCc1ccc(C)cc1. The third-order valence-corrected chi connectivity index (χ3v) is 5.55. The largest absolute Gasteiger partial charge is 0.485 e. The number of nitrogens with zero attached hydrogens (tertiary/aromatic N) is 3. The predicted octanol–water partition coefficient (Wildman–Crippen LogP) is 5.09. The van der Waals surface area contributed by atoms with Gasteiger partial charge in [-0.25, -0.2) is 0 Å². The molecule has 0 aliphatic carbocycles. The van der Waals surface area contributed by atoms with Crippen molar-refractivity contribution < 1.29 is 4.74 Å². The van der Waals surface area contributed by atoms with Crippen LogP contribution in [0.5, 0.6) is 5.75 Å². The average Bonchev–Trinajstić information content (AvgIpc) is 3.04. The molecule has 0 N–H and O–H groups in total. The van der Waals surface area contributed by atoms with Crippen LogP contribution in [0.25, 0.3) is 0 Å². The van der Waals surface area contributed by atoms with E-state index < -0.39 is 0 Å². The summed E-state index contributed by atoms with van der Waals surface area (Å²) in [5, 5.41) is 9.65. The van der Waals surface area contributed by atoms with Crippen LogP contribution in [-0.4, -0.2) is 14.8 Å². The predicted molar refractivity (Wildman–Crippen MR) is 107 cm³/mol. The molecule has 26 heavy (non-hydrogen) atoms. The van der Waals surface area contributed by atoms with Crippen molar-refractivity contribution in [2.75, 3.05) is 0 Å². The van der Waals surface area contributed by atoms with Crippen LogP contribution in [0.3, 0.4) is 0 Å². The molecular formula is C21H25N3OS. The molecule has 3 aromatic rings. The fourth-order valence-electron chi connectivity index (χ4n) is 2.71. The Labute approximate surface area is 159 Å². The Morgan fingerprint density at radius 3 is 2.50 bits per heavy atom. The number of hydrogen-bond donors (Lipinski definition) is 0. The highest BCUT2D eigenvalue weighted by Crippen LogP contribution is 2.24.